The van der Waals surface area contributed by atoms with E-state index in [1.807, 2.05) is 6.92 Å². The largest absolute Gasteiger partial charge is 0.466 e. The highest BCUT2D eigenvalue weighted by atomic mass is 79.9. The molecule has 0 spiro atoms. The first-order chi connectivity index (χ1) is 16.8. The van der Waals surface area contributed by atoms with E-state index in [0.717, 1.165) is 0 Å². The Bertz CT molecular complexity index is 746. The lowest BCUT2D eigenvalue weighted by Gasteiger charge is -2.32. The number of esters is 4. The molecule has 11 nitrogen and oxygen atoms in total. The Hall–Kier alpha value is -1.37. The maximum atomic E-state index is 12.2. The zero-order valence-electron chi connectivity index (χ0n) is 21.4. The molecule has 0 bridgehead atoms. The van der Waals surface area contributed by atoms with Crippen LogP contribution in [0.3, 0.4) is 0 Å². The average Bonchev–Trinajstić information content (AvgIpc) is 2.81. The fourth-order valence-corrected chi connectivity index (χ4v) is 3.70. The van der Waals surface area contributed by atoms with Gasteiger partial charge in [0.05, 0.1) is 25.0 Å². The molecule has 0 aromatic heterocycles. The van der Waals surface area contributed by atoms with Crippen molar-refractivity contribution in [2.24, 2.45) is 10.5 Å². The molecule has 3 unspecified atom stereocenters. The number of hydrogen-bond acceptors (Lipinski definition) is 9. The van der Waals surface area contributed by atoms with Crippen LogP contribution in [-0.2, 0) is 38.1 Å². The van der Waals surface area contributed by atoms with Crippen LogP contribution in [0, 0.1) is 5.41 Å². The highest BCUT2D eigenvalue weighted by Crippen LogP contribution is 2.38. The summed E-state index contributed by atoms with van der Waals surface area (Å²) in [5, 5.41) is 3.81. The summed E-state index contributed by atoms with van der Waals surface area (Å²) in [4.78, 5) is 48.7. The maximum absolute atomic E-state index is 12.2. The van der Waals surface area contributed by atoms with Gasteiger partial charge in [0.15, 0.2) is 0 Å². The third-order valence-corrected chi connectivity index (χ3v) is 5.98. The maximum Gasteiger partial charge on any atom is 0.322 e. The van der Waals surface area contributed by atoms with Gasteiger partial charge in [-0.25, -0.2) is 0 Å². The summed E-state index contributed by atoms with van der Waals surface area (Å²) >= 11 is 9.55. The Balaban J connectivity index is 0. The van der Waals surface area contributed by atoms with Crippen LogP contribution in [0.2, 0.25) is 0 Å². The van der Waals surface area contributed by atoms with Crippen molar-refractivity contribution in [3.8, 4) is 0 Å². The van der Waals surface area contributed by atoms with Gasteiger partial charge in [-0.3, -0.25) is 19.2 Å². The number of rotatable bonds is 16. The summed E-state index contributed by atoms with van der Waals surface area (Å²) in [7, 11) is 0. The normalized spacial score (nSPS) is 14.3. The summed E-state index contributed by atoms with van der Waals surface area (Å²) in [5.41, 5.74) is 7.11. The van der Waals surface area contributed by atoms with Crippen LogP contribution < -0.4 is 0 Å². The molecular weight excluding hydrogens is 674 g/mol. The van der Waals surface area contributed by atoms with Crippen LogP contribution in [0.15, 0.2) is 5.11 Å². The first-order valence-corrected chi connectivity index (χ1v) is 14.2. The number of halogens is 3. The van der Waals surface area contributed by atoms with Gasteiger partial charge in [0.1, 0.15) is 22.4 Å². The van der Waals surface area contributed by atoms with E-state index in [1.165, 1.54) is 0 Å². The van der Waals surface area contributed by atoms with Gasteiger partial charge in [0, 0.05) is 16.8 Å². The van der Waals surface area contributed by atoms with Gasteiger partial charge in [-0.05, 0) is 52.5 Å². The van der Waals surface area contributed by atoms with Crippen LogP contribution in [0.5, 0.6) is 0 Å². The molecule has 0 radical (unpaired) electrons. The molecule has 0 saturated carbocycles. The fourth-order valence-electron chi connectivity index (χ4n) is 2.51. The molecule has 0 aliphatic heterocycles. The molecule has 36 heavy (non-hydrogen) atoms. The standard InChI is InChI=1S/C16H26Br2O6.C6H10BrN3O2/c1-5-15(3,13(20)22-6-2)11-16(4,18)14(21)24-10-9-23-12(19)7-8-17;1-5(7)6(11)12-4-2-3-9-10-8/h5-11H2,1-4H3;5H,2-4H2,1H3. The van der Waals surface area contributed by atoms with Crippen LogP contribution >= 0.6 is 47.8 Å². The summed E-state index contributed by atoms with van der Waals surface area (Å²) < 4.78 is 18.9. The fraction of sp³-hybridized carbons (Fsp3) is 0.818. The smallest absolute Gasteiger partial charge is 0.322 e. The molecule has 3 atom stereocenters. The van der Waals surface area contributed by atoms with E-state index in [1.54, 1.807) is 27.7 Å². The quantitative estimate of drug-likeness (QED) is 0.0393. The van der Waals surface area contributed by atoms with Crippen molar-refractivity contribution in [1.82, 2.24) is 0 Å². The first kappa shape index (κ1) is 36.8. The second-order valence-corrected chi connectivity index (χ2v) is 11.8. The van der Waals surface area contributed by atoms with Crippen LogP contribution in [-0.4, -0.2) is 71.3 Å². The molecular formula is C22H36Br3N3O8. The lowest BCUT2D eigenvalue weighted by atomic mass is 9.79. The average molecular weight is 710 g/mol. The zero-order valence-corrected chi connectivity index (χ0v) is 26.1. The second kappa shape index (κ2) is 20.7. The van der Waals surface area contributed by atoms with E-state index in [4.69, 9.17) is 24.5 Å². The number of azide groups is 1. The topological polar surface area (TPSA) is 154 Å². The van der Waals surface area contributed by atoms with Gasteiger partial charge in [-0.15, -0.1) is 0 Å². The molecule has 208 valence electrons. The number of ether oxygens (including phenoxy) is 4. The van der Waals surface area contributed by atoms with Crippen LogP contribution in [0.1, 0.15) is 60.3 Å². The highest BCUT2D eigenvalue weighted by molar-refractivity contribution is 9.10. The number of hydrogen-bond donors (Lipinski definition) is 0. The molecule has 0 N–H and O–H groups in total. The minimum Gasteiger partial charge on any atom is -0.466 e. The Morgan fingerprint density at radius 1 is 1.00 bits per heavy atom. The predicted molar refractivity (Wildman–Crippen MR) is 145 cm³/mol. The third-order valence-electron chi connectivity index (χ3n) is 4.61. The van der Waals surface area contributed by atoms with Crippen molar-refractivity contribution >= 4 is 71.7 Å². The van der Waals surface area contributed by atoms with Crippen molar-refractivity contribution in [2.75, 3.05) is 38.3 Å². The lowest BCUT2D eigenvalue weighted by Crippen LogP contribution is -2.41. The van der Waals surface area contributed by atoms with Crippen molar-refractivity contribution < 1.29 is 38.1 Å². The van der Waals surface area contributed by atoms with E-state index in [0.29, 0.717) is 31.3 Å². The highest BCUT2D eigenvalue weighted by Gasteiger charge is 2.44. The molecule has 0 aromatic rings. The van der Waals surface area contributed by atoms with Gasteiger partial charge in [-0.1, -0.05) is 59.8 Å². The Labute approximate surface area is 237 Å². The van der Waals surface area contributed by atoms with E-state index in [9.17, 15) is 19.2 Å². The molecule has 0 amide bonds. The van der Waals surface area contributed by atoms with E-state index >= 15 is 0 Å². The summed E-state index contributed by atoms with van der Waals surface area (Å²) in [5.74, 6) is -1.50. The minimum absolute atomic E-state index is 0.00355. The monoisotopic (exact) mass is 707 g/mol. The molecule has 0 saturated heterocycles. The van der Waals surface area contributed by atoms with Crippen molar-refractivity contribution in [2.45, 2.75) is 69.5 Å². The van der Waals surface area contributed by atoms with Crippen LogP contribution in [0.25, 0.3) is 10.4 Å². The predicted octanol–water partition coefficient (Wildman–Crippen LogP) is 5.39. The molecule has 14 heteroatoms. The van der Waals surface area contributed by atoms with Gasteiger partial charge in [0.25, 0.3) is 0 Å². The molecule has 0 fully saturated rings. The van der Waals surface area contributed by atoms with Gasteiger partial charge >= 0.3 is 23.9 Å². The van der Waals surface area contributed by atoms with Crippen molar-refractivity contribution in [3.05, 3.63) is 10.4 Å². The van der Waals surface area contributed by atoms with E-state index < -0.39 is 15.7 Å². The third kappa shape index (κ3) is 17.1. The number of nitrogens with zero attached hydrogens (tertiary/aromatic N) is 3. The Morgan fingerprint density at radius 2 is 1.61 bits per heavy atom. The lowest BCUT2D eigenvalue weighted by molar-refractivity contribution is -0.158. The summed E-state index contributed by atoms with van der Waals surface area (Å²) in [6, 6.07) is 0. The molecule has 0 aliphatic rings. The van der Waals surface area contributed by atoms with E-state index in [-0.39, 0.29) is 55.4 Å². The summed E-state index contributed by atoms with van der Waals surface area (Å²) in [6.45, 7) is 9.64. The molecule has 0 heterocycles. The van der Waals surface area contributed by atoms with Crippen molar-refractivity contribution in [1.29, 1.82) is 0 Å². The van der Waals surface area contributed by atoms with Gasteiger partial charge < -0.3 is 18.9 Å². The number of alkyl halides is 3. The van der Waals surface area contributed by atoms with Gasteiger partial charge in [-0.2, -0.15) is 0 Å². The Morgan fingerprint density at radius 3 is 2.11 bits per heavy atom. The SMILES string of the molecule is CC(Br)C(=O)OCCCN=[N+]=[N-].CCOC(=O)C(C)(CC)CC(C)(Br)C(=O)OCCOC(=O)CCBr. The molecule has 0 rings (SSSR count). The number of carbonyl (C=O) groups is 4. The zero-order chi connectivity index (χ0) is 28.2. The van der Waals surface area contributed by atoms with Crippen LogP contribution in [0.4, 0.5) is 0 Å². The summed E-state index contributed by atoms with van der Waals surface area (Å²) in [6.07, 6.45) is 1.59. The minimum atomic E-state index is -1.04. The molecule has 0 aromatic carbocycles. The van der Waals surface area contributed by atoms with Gasteiger partial charge in [0.2, 0.25) is 0 Å². The van der Waals surface area contributed by atoms with Crippen molar-refractivity contribution in [3.63, 3.8) is 0 Å². The Kier molecular flexibility index (Phi) is 21.1. The first-order valence-electron chi connectivity index (χ1n) is 11.4. The second-order valence-electron chi connectivity index (χ2n) is 7.90. The van der Waals surface area contributed by atoms with E-state index in [2.05, 4.69) is 57.8 Å². The number of carbonyl (C=O) groups excluding carboxylic acids is 4. The molecule has 0 aliphatic carbocycles.